The average molecular weight is 1020 g/mol. The maximum absolute atomic E-state index is 12.9. The average Bonchev–Trinajstić information content (AvgIpc) is 3.39. The summed E-state index contributed by atoms with van der Waals surface area (Å²) in [4.78, 5) is 38.3. The van der Waals surface area contributed by atoms with E-state index in [1.54, 1.807) is 0 Å². The molecule has 6 heteroatoms. The molecule has 0 radical (unpaired) electrons. The van der Waals surface area contributed by atoms with Crippen LogP contribution in [0.5, 0.6) is 0 Å². The third-order valence-corrected chi connectivity index (χ3v) is 14.3. The minimum atomic E-state index is -0.771. The monoisotopic (exact) mass is 1020 g/mol. The van der Waals surface area contributed by atoms with E-state index in [2.05, 4.69) is 69.4 Å². The van der Waals surface area contributed by atoms with Gasteiger partial charge in [-0.1, -0.05) is 313 Å². The Balaban J connectivity index is 4.24. The SMILES string of the molecule is CC/C=C\C/C=C\C/C=C\C/C=C\CCCCCCCCCCCCC(=O)OCC(COC(=O)CCCCCCCCCCCCC)OC(=O)CCCCCCCCCCCCCCCCCCCCCCC. The summed E-state index contributed by atoms with van der Waals surface area (Å²) >= 11 is 0. The molecule has 0 saturated heterocycles. The van der Waals surface area contributed by atoms with Crippen LogP contribution >= 0.6 is 0 Å². The van der Waals surface area contributed by atoms with Crippen molar-refractivity contribution in [1.29, 1.82) is 0 Å². The topological polar surface area (TPSA) is 78.9 Å². The first-order valence-electron chi connectivity index (χ1n) is 32.1. The number of carbonyl (C=O) groups excluding carboxylic acids is 3. The third-order valence-electron chi connectivity index (χ3n) is 14.3. The van der Waals surface area contributed by atoms with Gasteiger partial charge in [-0.2, -0.15) is 0 Å². The van der Waals surface area contributed by atoms with E-state index in [0.29, 0.717) is 19.3 Å². The van der Waals surface area contributed by atoms with Crippen LogP contribution < -0.4 is 0 Å². The number of hydrogen-bond donors (Lipinski definition) is 0. The molecule has 6 nitrogen and oxygen atoms in total. The highest BCUT2D eigenvalue weighted by molar-refractivity contribution is 5.71. The first kappa shape index (κ1) is 70.4. The number of carbonyl (C=O) groups is 3. The number of unbranched alkanes of at least 4 members (excludes halogenated alkanes) is 40. The molecule has 0 aliphatic rings. The molecule has 0 saturated carbocycles. The van der Waals surface area contributed by atoms with E-state index in [1.807, 2.05) is 0 Å². The lowest BCUT2D eigenvalue weighted by molar-refractivity contribution is -0.167. The van der Waals surface area contributed by atoms with Crippen molar-refractivity contribution in [2.45, 2.75) is 348 Å². The van der Waals surface area contributed by atoms with E-state index in [4.69, 9.17) is 14.2 Å². The van der Waals surface area contributed by atoms with E-state index >= 15 is 0 Å². The molecule has 0 aromatic rings. The second-order valence-corrected chi connectivity index (χ2v) is 21.7. The Bertz CT molecular complexity index is 1270. The van der Waals surface area contributed by atoms with Crippen LogP contribution in [-0.4, -0.2) is 37.2 Å². The summed E-state index contributed by atoms with van der Waals surface area (Å²) in [6.07, 6.45) is 76.9. The van der Waals surface area contributed by atoms with Crippen molar-refractivity contribution in [3.05, 3.63) is 48.6 Å². The first-order chi connectivity index (χ1) is 36.0. The van der Waals surface area contributed by atoms with Crippen LogP contribution in [0.15, 0.2) is 48.6 Å². The van der Waals surface area contributed by atoms with Crippen molar-refractivity contribution < 1.29 is 28.6 Å². The van der Waals surface area contributed by atoms with Crippen LogP contribution in [0.2, 0.25) is 0 Å². The fourth-order valence-corrected chi connectivity index (χ4v) is 9.56. The van der Waals surface area contributed by atoms with Gasteiger partial charge in [0.1, 0.15) is 13.2 Å². The lowest BCUT2D eigenvalue weighted by Crippen LogP contribution is -2.30. The molecule has 0 bridgehead atoms. The number of ether oxygens (including phenoxy) is 3. The van der Waals surface area contributed by atoms with E-state index in [9.17, 15) is 14.4 Å². The third kappa shape index (κ3) is 60.1. The van der Waals surface area contributed by atoms with Crippen LogP contribution in [0.4, 0.5) is 0 Å². The zero-order chi connectivity index (χ0) is 52.9. The van der Waals surface area contributed by atoms with Gasteiger partial charge in [0.05, 0.1) is 0 Å². The van der Waals surface area contributed by atoms with Crippen molar-refractivity contribution >= 4 is 17.9 Å². The Morgan fingerprint density at radius 3 is 0.836 bits per heavy atom. The summed E-state index contributed by atoms with van der Waals surface area (Å²) in [6.45, 7) is 6.57. The predicted molar refractivity (Wildman–Crippen MR) is 316 cm³/mol. The minimum Gasteiger partial charge on any atom is -0.462 e. The molecule has 0 aromatic heterocycles. The second-order valence-electron chi connectivity index (χ2n) is 21.7. The highest BCUT2D eigenvalue weighted by Gasteiger charge is 2.19. The molecule has 0 spiro atoms. The van der Waals surface area contributed by atoms with E-state index in [-0.39, 0.29) is 31.1 Å². The van der Waals surface area contributed by atoms with Gasteiger partial charge in [-0.15, -0.1) is 0 Å². The second kappa shape index (κ2) is 61.9. The van der Waals surface area contributed by atoms with E-state index in [0.717, 1.165) is 83.5 Å². The number of esters is 3. The summed E-state index contributed by atoms with van der Waals surface area (Å²) in [7, 11) is 0. The van der Waals surface area contributed by atoms with Gasteiger partial charge in [0.2, 0.25) is 0 Å². The molecule has 0 heterocycles. The molecule has 0 N–H and O–H groups in total. The van der Waals surface area contributed by atoms with E-state index in [1.165, 1.54) is 218 Å². The van der Waals surface area contributed by atoms with Gasteiger partial charge in [0.25, 0.3) is 0 Å². The van der Waals surface area contributed by atoms with Gasteiger partial charge in [0.15, 0.2) is 6.10 Å². The van der Waals surface area contributed by atoms with Gasteiger partial charge in [-0.3, -0.25) is 14.4 Å². The van der Waals surface area contributed by atoms with Gasteiger partial charge >= 0.3 is 17.9 Å². The standard InChI is InChI=1S/C67H122O6/c1-4-7-10-13-16-19-22-24-26-28-30-32-33-35-36-38-40-42-45-48-51-54-57-60-66(69)72-63-64(62-71-65(68)59-56-53-50-47-44-21-18-15-12-9-6-3)73-67(70)61-58-55-52-49-46-43-41-39-37-34-31-29-27-25-23-20-17-14-11-8-5-2/h7,10,16,19,24,26,30,32,64H,4-6,8-9,11-15,17-18,20-23,25,27-29,31,33-63H2,1-3H3/b10-7-,19-16-,26-24-,32-30-. The Labute approximate surface area is 454 Å². The van der Waals surface area contributed by atoms with Gasteiger partial charge < -0.3 is 14.2 Å². The van der Waals surface area contributed by atoms with Gasteiger partial charge in [0, 0.05) is 19.3 Å². The predicted octanol–water partition coefficient (Wildman–Crippen LogP) is 21.8. The van der Waals surface area contributed by atoms with Crippen molar-refractivity contribution in [2.75, 3.05) is 13.2 Å². The first-order valence-corrected chi connectivity index (χ1v) is 32.1. The number of allylic oxidation sites excluding steroid dienone is 8. The van der Waals surface area contributed by atoms with Crippen LogP contribution in [0.25, 0.3) is 0 Å². The van der Waals surface area contributed by atoms with Crippen molar-refractivity contribution in [3.8, 4) is 0 Å². The van der Waals surface area contributed by atoms with Crippen molar-refractivity contribution in [3.63, 3.8) is 0 Å². The zero-order valence-electron chi connectivity index (χ0n) is 48.9. The summed E-state index contributed by atoms with van der Waals surface area (Å²) in [5.74, 6) is -0.851. The molecule has 1 unspecified atom stereocenters. The molecular formula is C67H122O6. The maximum atomic E-state index is 12.9. The van der Waals surface area contributed by atoms with Gasteiger partial charge in [-0.25, -0.2) is 0 Å². The van der Waals surface area contributed by atoms with E-state index < -0.39 is 6.10 Å². The van der Waals surface area contributed by atoms with Crippen LogP contribution in [0.1, 0.15) is 342 Å². The highest BCUT2D eigenvalue weighted by Crippen LogP contribution is 2.18. The molecule has 0 aliphatic heterocycles. The summed E-state index contributed by atoms with van der Waals surface area (Å²) in [5.41, 5.74) is 0. The zero-order valence-corrected chi connectivity index (χ0v) is 48.9. The largest absolute Gasteiger partial charge is 0.462 e. The highest BCUT2D eigenvalue weighted by atomic mass is 16.6. The number of rotatable bonds is 59. The van der Waals surface area contributed by atoms with Gasteiger partial charge in [-0.05, 0) is 57.8 Å². The molecule has 0 aliphatic carbocycles. The smallest absolute Gasteiger partial charge is 0.306 e. The fraction of sp³-hybridized carbons (Fsp3) is 0.836. The molecule has 0 fully saturated rings. The molecule has 426 valence electrons. The van der Waals surface area contributed by atoms with Crippen molar-refractivity contribution in [1.82, 2.24) is 0 Å². The Hall–Kier alpha value is -2.63. The van der Waals surface area contributed by atoms with Crippen molar-refractivity contribution in [2.24, 2.45) is 0 Å². The fourth-order valence-electron chi connectivity index (χ4n) is 9.56. The Morgan fingerprint density at radius 2 is 0.534 bits per heavy atom. The molecule has 73 heavy (non-hydrogen) atoms. The lowest BCUT2D eigenvalue weighted by atomic mass is 10.0. The summed E-state index contributed by atoms with van der Waals surface area (Å²) < 4.78 is 16.9. The summed E-state index contributed by atoms with van der Waals surface area (Å²) in [6, 6.07) is 0. The normalized spacial score (nSPS) is 12.3. The molecule has 0 aromatic carbocycles. The Kier molecular flexibility index (Phi) is 59.7. The number of hydrogen-bond acceptors (Lipinski definition) is 6. The minimum absolute atomic E-state index is 0.0690. The van der Waals surface area contributed by atoms with Crippen LogP contribution in [-0.2, 0) is 28.6 Å². The Morgan fingerprint density at radius 1 is 0.288 bits per heavy atom. The molecule has 0 amide bonds. The summed E-state index contributed by atoms with van der Waals surface area (Å²) in [5, 5.41) is 0. The van der Waals surface area contributed by atoms with Crippen LogP contribution in [0.3, 0.4) is 0 Å². The maximum Gasteiger partial charge on any atom is 0.306 e. The molecular weight excluding hydrogens is 901 g/mol. The quantitative estimate of drug-likeness (QED) is 0.0261. The molecule has 0 rings (SSSR count). The lowest BCUT2D eigenvalue weighted by Gasteiger charge is -2.18. The molecule has 1 atom stereocenters. The van der Waals surface area contributed by atoms with Crippen LogP contribution in [0, 0.1) is 0 Å².